The Balaban J connectivity index is 2.11. The molecule has 0 aromatic rings. The third-order valence-electron chi connectivity index (χ3n) is 2.75. The summed E-state index contributed by atoms with van der Waals surface area (Å²) < 4.78 is 5.50. The first-order valence-electron chi connectivity index (χ1n) is 6.41. The van der Waals surface area contributed by atoms with E-state index in [2.05, 4.69) is 22.8 Å². The van der Waals surface area contributed by atoms with Crippen LogP contribution in [-0.2, 0) is 4.74 Å². The Morgan fingerprint density at radius 1 is 1.53 bits per heavy atom. The SMILES string of the molecule is CCCC/C(C)=N\NC(=S)NC[C@@H]1CCCO1. The van der Waals surface area contributed by atoms with Crippen molar-refractivity contribution in [2.24, 2.45) is 5.10 Å². The molecule has 0 aromatic carbocycles. The molecule has 1 fully saturated rings. The van der Waals surface area contributed by atoms with Gasteiger partial charge in [-0.15, -0.1) is 0 Å². The van der Waals surface area contributed by atoms with Crippen LogP contribution in [0.1, 0.15) is 46.0 Å². The van der Waals surface area contributed by atoms with Crippen LogP contribution in [0, 0.1) is 0 Å². The summed E-state index contributed by atoms with van der Waals surface area (Å²) in [4.78, 5) is 0. The molecular formula is C12H23N3OS. The van der Waals surface area contributed by atoms with E-state index in [1.165, 1.54) is 12.8 Å². The van der Waals surface area contributed by atoms with Crippen molar-refractivity contribution in [1.29, 1.82) is 0 Å². The smallest absolute Gasteiger partial charge is 0.187 e. The number of ether oxygens (including phenoxy) is 1. The minimum Gasteiger partial charge on any atom is -0.376 e. The largest absolute Gasteiger partial charge is 0.376 e. The van der Waals surface area contributed by atoms with Crippen LogP contribution in [0.4, 0.5) is 0 Å². The lowest BCUT2D eigenvalue weighted by atomic mass is 10.2. The number of hydrogen-bond donors (Lipinski definition) is 2. The van der Waals surface area contributed by atoms with Gasteiger partial charge in [0.15, 0.2) is 5.11 Å². The fraction of sp³-hybridized carbons (Fsp3) is 0.833. The standard InChI is InChI=1S/C12H23N3OS/c1-3-4-6-10(2)14-15-12(17)13-9-11-7-5-8-16-11/h11H,3-9H2,1-2H3,(H2,13,15,17)/b14-10-/t11-/m0/s1. The number of rotatable bonds is 6. The number of unbranched alkanes of at least 4 members (excludes halogenated alkanes) is 1. The summed E-state index contributed by atoms with van der Waals surface area (Å²) >= 11 is 5.13. The number of hydrazone groups is 1. The van der Waals surface area contributed by atoms with E-state index in [1.807, 2.05) is 6.92 Å². The molecule has 1 atom stereocenters. The Kier molecular flexibility index (Phi) is 7.12. The number of hydrogen-bond acceptors (Lipinski definition) is 3. The summed E-state index contributed by atoms with van der Waals surface area (Å²) in [5, 5.41) is 7.93. The summed E-state index contributed by atoms with van der Waals surface area (Å²) in [7, 11) is 0. The third-order valence-corrected chi connectivity index (χ3v) is 2.99. The van der Waals surface area contributed by atoms with Crippen LogP contribution < -0.4 is 10.7 Å². The molecule has 0 saturated carbocycles. The first kappa shape index (κ1) is 14.4. The van der Waals surface area contributed by atoms with Gasteiger partial charge < -0.3 is 10.1 Å². The number of nitrogens with one attached hydrogen (secondary N) is 2. The molecule has 4 nitrogen and oxygen atoms in total. The van der Waals surface area contributed by atoms with Crippen LogP contribution in [0.25, 0.3) is 0 Å². The van der Waals surface area contributed by atoms with Crippen molar-refractivity contribution in [1.82, 2.24) is 10.7 Å². The maximum Gasteiger partial charge on any atom is 0.187 e. The molecule has 0 aliphatic carbocycles. The molecule has 0 aromatic heterocycles. The van der Waals surface area contributed by atoms with Gasteiger partial charge in [-0.25, -0.2) is 0 Å². The van der Waals surface area contributed by atoms with Gasteiger partial charge in [0.05, 0.1) is 6.10 Å². The highest BCUT2D eigenvalue weighted by molar-refractivity contribution is 7.80. The predicted molar refractivity (Wildman–Crippen MR) is 75.3 cm³/mol. The van der Waals surface area contributed by atoms with E-state index in [9.17, 15) is 0 Å². The normalized spacial score (nSPS) is 20.4. The minimum absolute atomic E-state index is 0.305. The van der Waals surface area contributed by atoms with E-state index in [1.54, 1.807) is 0 Å². The second kappa shape index (κ2) is 8.42. The molecule has 17 heavy (non-hydrogen) atoms. The first-order chi connectivity index (χ1) is 8.22. The average molecular weight is 257 g/mol. The van der Waals surface area contributed by atoms with Crippen molar-refractivity contribution >= 4 is 23.0 Å². The molecule has 2 N–H and O–H groups in total. The van der Waals surface area contributed by atoms with Gasteiger partial charge >= 0.3 is 0 Å². The van der Waals surface area contributed by atoms with E-state index < -0.39 is 0 Å². The molecule has 1 aliphatic rings. The molecule has 0 bridgehead atoms. The molecule has 98 valence electrons. The van der Waals surface area contributed by atoms with Gasteiger partial charge in [0.1, 0.15) is 0 Å². The second-order valence-corrected chi connectivity index (χ2v) is 4.82. The van der Waals surface area contributed by atoms with Crippen molar-refractivity contribution < 1.29 is 4.74 Å². The zero-order valence-electron chi connectivity index (χ0n) is 10.8. The van der Waals surface area contributed by atoms with Crippen molar-refractivity contribution in [2.45, 2.75) is 52.1 Å². The molecule has 0 amide bonds. The Morgan fingerprint density at radius 3 is 3.00 bits per heavy atom. The van der Waals surface area contributed by atoms with Gasteiger partial charge in [-0.05, 0) is 44.8 Å². The van der Waals surface area contributed by atoms with Gasteiger partial charge in [0.25, 0.3) is 0 Å². The number of thiocarbonyl (C=S) groups is 1. The highest BCUT2D eigenvalue weighted by Gasteiger charge is 2.14. The van der Waals surface area contributed by atoms with Crippen molar-refractivity contribution in [3.8, 4) is 0 Å². The Morgan fingerprint density at radius 2 is 2.35 bits per heavy atom. The summed E-state index contributed by atoms with van der Waals surface area (Å²) in [6.07, 6.45) is 5.97. The second-order valence-electron chi connectivity index (χ2n) is 4.41. The molecule has 5 heteroatoms. The molecule has 1 heterocycles. The molecule has 1 rings (SSSR count). The van der Waals surface area contributed by atoms with Crippen molar-refractivity contribution in [3.05, 3.63) is 0 Å². The van der Waals surface area contributed by atoms with Crippen molar-refractivity contribution in [3.63, 3.8) is 0 Å². The predicted octanol–water partition coefficient (Wildman–Crippen LogP) is 2.20. The Bertz CT molecular complexity index is 262. The van der Waals surface area contributed by atoms with Crippen LogP contribution in [0.3, 0.4) is 0 Å². The minimum atomic E-state index is 0.305. The summed E-state index contributed by atoms with van der Waals surface area (Å²) in [5.74, 6) is 0. The lowest BCUT2D eigenvalue weighted by Gasteiger charge is -2.12. The molecule has 1 saturated heterocycles. The van der Waals surface area contributed by atoms with E-state index in [0.717, 1.165) is 38.1 Å². The molecule has 0 radical (unpaired) electrons. The Hall–Kier alpha value is -0.680. The highest BCUT2D eigenvalue weighted by atomic mass is 32.1. The molecule has 0 unspecified atom stereocenters. The lowest BCUT2D eigenvalue weighted by molar-refractivity contribution is 0.114. The summed E-state index contributed by atoms with van der Waals surface area (Å²) in [6, 6.07) is 0. The maximum atomic E-state index is 5.50. The summed E-state index contributed by atoms with van der Waals surface area (Å²) in [6.45, 7) is 5.84. The van der Waals surface area contributed by atoms with Crippen LogP contribution >= 0.6 is 12.2 Å². The average Bonchev–Trinajstić information content (AvgIpc) is 2.84. The van der Waals surface area contributed by atoms with E-state index in [-0.39, 0.29) is 0 Å². The van der Waals surface area contributed by atoms with Crippen LogP contribution in [0.15, 0.2) is 5.10 Å². The lowest BCUT2D eigenvalue weighted by Crippen LogP contribution is -2.37. The van der Waals surface area contributed by atoms with Crippen LogP contribution in [0.5, 0.6) is 0 Å². The van der Waals surface area contributed by atoms with Gasteiger partial charge in [-0.3, -0.25) is 5.43 Å². The van der Waals surface area contributed by atoms with Gasteiger partial charge in [-0.2, -0.15) is 5.10 Å². The zero-order chi connectivity index (χ0) is 12.5. The monoisotopic (exact) mass is 257 g/mol. The highest BCUT2D eigenvalue weighted by Crippen LogP contribution is 2.10. The topological polar surface area (TPSA) is 45.7 Å². The van der Waals surface area contributed by atoms with Crippen molar-refractivity contribution in [2.75, 3.05) is 13.2 Å². The van der Waals surface area contributed by atoms with Gasteiger partial charge in [0, 0.05) is 18.9 Å². The maximum absolute atomic E-state index is 5.50. The van der Waals surface area contributed by atoms with E-state index in [4.69, 9.17) is 17.0 Å². The first-order valence-corrected chi connectivity index (χ1v) is 6.81. The molecular weight excluding hydrogens is 234 g/mol. The molecule has 0 spiro atoms. The quantitative estimate of drug-likeness (QED) is 0.435. The van der Waals surface area contributed by atoms with E-state index in [0.29, 0.717) is 11.2 Å². The zero-order valence-corrected chi connectivity index (χ0v) is 11.6. The van der Waals surface area contributed by atoms with Gasteiger partial charge in [0.2, 0.25) is 0 Å². The fourth-order valence-corrected chi connectivity index (χ4v) is 1.82. The van der Waals surface area contributed by atoms with Gasteiger partial charge in [-0.1, -0.05) is 13.3 Å². The Labute approximate surface area is 109 Å². The molecule has 1 aliphatic heterocycles. The third kappa shape index (κ3) is 6.58. The van der Waals surface area contributed by atoms with Crippen LogP contribution in [-0.4, -0.2) is 30.1 Å². The summed E-state index contributed by atoms with van der Waals surface area (Å²) in [5.41, 5.74) is 3.96. The fourth-order valence-electron chi connectivity index (χ4n) is 1.69. The van der Waals surface area contributed by atoms with Crippen LogP contribution in [0.2, 0.25) is 0 Å². The number of nitrogens with zero attached hydrogens (tertiary/aromatic N) is 1. The van der Waals surface area contributed by atoms with E-state index >= 15 is 0 Å².